The standard InChI is InChI=1S/C19H18N2O.C2H4O2/c1-11-14-7-8-21(3)12(2)15(14)10-17-16-9-13(22-4)5-6-18(16)20-19(11)17;1-2(3)4/h5-10H,1-4H3;1H3,(H,3,4)/p+1. The predicted octanol–water partition coefficient (Wildman–Crippen LogP) is 4.02. The normalized spacial score (nSPS) is 10.8. The molecule has 0 aliphatic heterocycles. The van der Waals surface area contributed by atoms with Crippen molar-refractivity contribution in [1.82, 2.24) is 4.98 Å². The Kier molecular flexibility index (Phi) is 4.55. The molecule has 5 nitrogen and oxygen atoms in total. The Morgan fingerprint density at radius 1 is 1.08 bits per heavy atom. The van der Waals surface area contributed by atoms with Crippen LogP contribution in [0.15, 0.2) is 36.5 Å². The number of fused-ring (bicyclic) bond motifs is 4. The highest BCUT2D eigenvalue weighted by Crippen LogP contribution is 2.34. The first-order valence-electron chi connectivity index (χ1n) is 8.41. The Labute approximate surface area is 151 Å². The summed E-state index contributed by atoms with van der Waals surface area (Å²) in [6, 6.07) is 10.7. The Balaban J connectivity index is 0.000000447. The van der Waals surface area contributed by atoms with Gasteiger partial charge in [-0.3, -0.25) is 4.79 Å². The third kappa shape index (κ3) is 2.96. The number of benzene rings is 2. The Morgan fingerprint density at radius 3 is 2.42 bits per heavy atom. The van der Waals surface area contributed by atoms with Gasteiger partial charge in [-0.05, 0) is 42.1 Å². The molecule has 2 aromatic carbocycles. The molecule has 4 aromatic rings. The van der Waals surface area contributed by atoms with Crippen LogP contribution in [0.5, 0.6) is 5.75 Å². The molecule has 0 radical (unpaired) electrons. The van der Waals surface area contributed by atoms with E-state index in [1.807, 2.05) is 6.07 Å². The lowest BCUT2D eigenvalue weighted by molar-refractivity contribution is -0.676. The molecule has 4 rings (SSSR count). The minimum atomic E-state index is -0.833. The Morgan fingerprint density at radius 2 is 1.77 bits per heavy atom. The summed E-state index contributed by atoms with van der Waals surface area (Å²) in [5.74, 6) is 0.0569. The molecule has 0 atom stereocenters. The summed E-state index contributed by atoms with van der Waals surface area (Å²) in [6.07, 6.45) is 2.13. The van der Waals surface area contributed by atoms with Crippen molar-refractivity contribution in [3.8, 4) is 5.75 Å². The molecule has 134 valence electrons. The number of carboxylic acid groups (broad SMARTS) is 1. The summed E-state index contributed by atoms with van der Waals surface area (Å²) in [7, 11) is 3.80. The molecule has 0 amide bonds. The number of aromatic amines is 1. The van der Waals surface area contributed by atoms with Gasteiger partial charge in [0.15, 0.2) is 11.9 Å². The first-order valence-corrected chi connectivity index (χ1v) is 8.41. The largest absolute Gasteiger partial charge is 0.497 e. The average molecular weight is 351 g/mol. The van der Waals surface area contributed by atoms with Gasteiger partial charge in [0.2, 0.25) is 0 Å². The molecule has 2 heterocycles. The number of ether oxygens (including phenoxy) is 1. The van der Waals surface area contributed by atoms with Gasteiger partial charge >= 0.3 is 0 Å². The summed E-state index contributed by atoms with van der Waals surface area (Å²) in [5.41, 5.74) is 4.94. The van der Waals surface area contributed by atoms with E-state index in [9.17, 15) is 0 Å². The van der Waals surface area contributed by atoms with Crippen LogP contribution in [-0.4, -0.2) is 23.2 Å². The number of carbonyl (C=O) groups is 1. The number of hydrogen-bond acceptors (Lipinski definition) is 2. The number of pyridine rings is 1. The maximum absolute atomic E-state index is 9.00. The number of carboxylic acids is 1. The number of aliphatic carboxylic acids is 1. The fraction of sp³-hybridized carbons (Fsp3) is 0.238. The summed E-state index contributed by atoms with van der Waals surface area (Å²) in [6.45, 7) is 5.44. The molecule has 2 aromatic heterocycles. The SMILES string of the molecule is CC(=O)O.COc1ccc2[nH]c3c(C)c4cc[n+](C)c(C)c4cc3c2c1. The second-order valence-electron chi connectivity index (χ2n) is 6.45. The lowest BCUT2D eigenvalue weighted by atomic mass is 10.0. The van der Waals surface area contributed by atoms with E-state index in [-0.39, 0.29) is 0 Å². The fourth-order valence-corrected chi connectivity index (χ4v) is 3.33. The molecule has 0 aliphatic carbocycles. The van der Waals surface area contributed by atoms with E-state index in [0.29, 0.717) is 0 Å². The van der Waals surface area contributed by atoms with Gasteiger partial charge < -0.3 is 14.8 Å². The van der Waals surface area contributed by atoms with E-state index in [2.05, 4.69) is 60.9 Å². The number of nitrogens with one attached hydrogen (secondary N) is 1. The summed E-state index contributed by atoms with van der Waals surface area (Å²) in [4.78, 5) is 12.6. The molecule has 0 bridgehead atoms. The molecule has 2 N–H and O–H groups in total. The van der Waals surface area contributed by atoms with E-state index in [1.165, 1.54) is 38.3 Å². The maximum atomic E-state index is 9.00. The minimum absolute atomic E-state index is 0.833. The van der Waals surface area contributed by atoms with E-state index in [4.69, 9.17) is 14.6 Å². The van der Waals surface area contributed by atoms with Crippen LogP contribution < -0.4 is 9.30 Å². The number of aromatic nitrogens is 2. The van der Waals surface area contributed by atoms with Gasteiger partial charge in [-0.25, -0.2) is 4.57 Å². The van der Waals surface area contributed by atoms with Crippen LogP contribution in [0, 0.1) is 13.8 Å². The van der Waals surface area contributed by atoms with Gasteiger partial charge in [-0.1, -0.05) is 0 Å². The van der Waals surface area contributed by atoms with Crippen molar-refractivity contribution < 1.29 is 19.2 Å². The van der Waals surface area contributed by atoms with Crippen molar-refractivity contribution in [3.63, 3.8) is 0 Å². The quantitative estimate of drug-likeness (QED) is 0.509. The molecule has 5 heteroatoms. The molecule has 0 saturated heterocycles. The first-order chi connectivity index (χ1) is 12.3. The predicted molar refractivity (Wildman–Crippen MR) is 104 cm³/mol. The van der Waals surface area contributed by atoms with E-state index in [0.717, 1.165) is 18.2 Å². The molecular weight excluding hydrogens is 328 g/mol. The summed E-state index contributed by atoms with van der Waals surface area (Å²) >= 11 is 0. The van der Waals surface area contributed by atoms with Crippen LogP contribution in [-0.2, 0) is 11.8 Å². The van der Waals surface area contributed by atoms with Gasteiger partial charge in [-0.2, -0.15) is 0 Å². The van der Waals surface area contributed by atoms with E-state index < -0.39 is 5.97 Å². The van der Waals surface area contributed by atoms with Crippen LogP contribution in [0.2, 0.25) is 0 Å². The number of nitrogens with zero attached hydrogens (tertiary/aromatic N) is 1. The zero-order chi connectivity index (χ0) is 19.0. The van der Waals surface area contributed by atoms with E-state index >= 15 is 0 Å². The van der Waals surface area contributed by atoms with Crippen molar-refractivity contribution in [3.05, 3.63) is 47.8 Å². The number of hydrogen-bond donors (Lipinski definition) is 2. The molecular formula is C21H23N2O3+. The van der Waals surface area contributed by atoms with Crippen molar-refractivity contribution in [2.24, 2.45) is 7.05 Å². The van der Waals surface area contributed by atoms with Gasteiger partial charge in [0.05, 0.1) is 12.6 Å². The number of rotatable bonds is 1. The maximum Gasteiger partial charge on any atom is 0.300 e. The molecule has 26 heavy (non-hydrogen) atoms. The molecule has 0 unspecified atom stereocenters. The van der Waals surface area contributed by atoms with Crippen molar-refractivity contribution >= 4 is 38.5 Å². The molecule has 0 aliphatic rings. The van der Waals surface area contributed by atoms with Gasteiger partial charge in [0, 0.05) is 41.6 Å². The Bertz CT molecular complexity index is 1140. The van der Waals surface area contributed by atoms with Crippen molar-refractivity contribution in [2.75, 3.05) is 7.11 Å². The summed E-state index contributed by atoms with van der Waals surface area (Å²) in [5, 5.41) is 12.5. The number of H-pyrrole nitrogens is 1. The first kappa shape index (κ1) is 17.7. The van der Waals surface area contributed by atoms with Crippen LogP contribution in [0.25, 0.3) is 32.6 Å². The van der Waals surface area contributed by atoms with Gasteiger partial charge in [0.1, 0.15) is 12.8 Å². The van der Waals surface area contributed by atoms with Crippen LogP contribution in [0.3, 0.4) is 0 Å². The second kappa shape index (κ2) is 6.67. The zero-order valence-electron chi connectivity index (χ0n) is 15.7. The molecule has 0 spiro atoms. The monoisotopic (exact) mass is 351 g/mol. The van der Waals surface area contributed by atoms with Crippen LogP contribution >= 0.6 is 0 Å². The topological polar surface area (TPSA) is 66.2 Å². The smallest absolute Gasteiger partial charge is 0.300 e. The third-order valence-electron chi connectivity index (χ3n) is 4.79. The van der Waals surface area contributed by atoms with Gasteiger partial charge in [-0.15, -0.1) is 0 Å². The number of methoxy groups -OCH3 is 1. The lowest BCUT2D eigenvalue weighted by Gasteiger charge is -2.06. The summed E-state index contributed by atoms with van der Waals surface area (Å²) < 4.78 is 7.55. The highest BCUT2D eigenvalue weighted by atomic mass is 16.5. The van der Waals surface area contributed by atoms with Crippen molar-refractivity contribution in [1.29, 1.82) is 0 Å². The zero-order valence-corrected chi connectivity index (χ0v) is 15.7. The second-order valence-corrected chi connectivity index (χ2v) is 6.45. The highest BCUT2D eigenvalue weighted by Gasteiger charge is 2.15. The molecule has 0 fully saturated rings. The minimum Gasteiger partial charge on any atom is -0.497 e. The van der Waals surface area contributed by atoms with Crippen LogP contribution in [0.4, 0.5) is 0 Å². The fourth-order valence-electron chi connectivity index (χ4n) is 3.33. The van der Waals surface area contributed by atoms with Crippen molar-refractivity contribution in [2.45, 2.75) is 20.8 Å². The third-order valence-corrected chi connectivity index (χ3v) is 4.79. The van der Waals surface area contributed by atoms with E-state index in [1.54, 1.807) is 7.11 Å². The highest BCUT2D eigenvalue weighted by molar-refractivity contribution is 6.14. The average Bonchev–Trinajstić information content (AvgIpc) is 2.96. The van der Waals surface area contributed by atoms with Crippen LogP contribution in [0.1, 0.15) is 18.2 Å². The number of aryl methyl sites for hydroxylation is 3. The Hall–Kier alpha value is -3.08. The van der Waals surface area contributed by atoms with Gasteiger partial charge in [0.25, 0.3) is 5.97 Å². The molecule has 0 saturated carbocycles. The lowest BCUT2D eigenvalue weighted by Crippen LogP contribution is -2.31.